The number of benzene rings is 1. The van der Waals surface area contributed by atoms with Crippen LogP contribution in [0.2, 0.25) is 0 Å². The fourth-order valence-electron chi connectivity index (χ4n) is 2.42. The first-order valence-corrected chi connectivity index (χ1v) is 9.52. The maximum absolute atomic E-state index is 12.6. The Hall–Kier alpha value is -1.12. The molecule has 1 aromatic carbocycles. The molecule has 8 heteroatoms. The van der Waals surface area contributed by atoms with Crippen molar-refractivity contribution >= 4 is 32.0 Å². The fourth-order valence-corrected chi connectivity index (χ4v) is 4.80. The molecule has 120 valence electrons. The largest absolute Gasteiger partial charge is 0.335 e. The van der Waals surface area contributed by atoms with Gasteiger partial charge in [0.1, 0.15) is 0 Å². The highest BCUT2D eigenvalue weighted by Crippen LogP contribution is 2.25. The summed E-state index contributed by atoms with van der Waals surface area (Å²) in [7, 11) is -3.52. The first kappa shape index (κ1) is 15.8. The summed E-state index contributed by atoms with van der Waals surface area (Å²) >= 11 is 3.29. The molecule has 1 aliphatic carbocycles. The quantitative estimate of drug-likeness (QED) is 0.856. The van der Waals surface area contributed by atoms with Crippen LogP contribution in [-0.2, 0) is 10.0 Å². The second-order valence-corrected chi connectivity index (χ2v) is 8.31. The lowest BCUT2D eigenvalue weighted by Gasteiger charge is -2.34. The third-order valence-electron chi connectivity index (χ3n) is 3.89. The van der Waals surface area contributed by atoms with Crippen LogP contribution < -0.4 is 5.32 Å². The van der Waals surface area contributed by atoms with Crippen LogP contribution in [-0.4, -0.2) is 55.9 Å². The van der Waals surface area contributed by atoms with Gasteiger partial charge in [0.15, 0.2) is 0 Å². The number of hydrogen-bond donors (Lipinski definition) is 1. The molecule has 1 saturated carbocycles. The molecule has 22 heavy (non-hydrogen) atoms. The van der Waals surface area contributed by atoms with Crippen molar-refractivity contribution in [3.63, 3.8) is 0 Å². The summed E-state index contributed by atoms with van der Waals surface area (Å²) in [5.74, 6) is 0. The zero-order chi connectivity index (χ0) is 15.7. The summed E-state index contributed by atoms with van der Waals surface area (Å²) in [4.78, 5) is 13.9. The summed E-state index contributed by atoms with van der Waals surface area (Å²) in [5, 5.41) is 2.93. The van der Waals surface area contributed by atoms with E-state index >= 15 is 0 Å². The second-order valence-electron chi connectivity index (χ2n) is 5.55. The summed E-state index contributed by atoms with van der Waals surface area (Å²) in [6, 6.07) is 7.02. The Balaban J connectivity index is 1.65. The van der Waals surface area contributed by atoms with E-state index in [9.17, 15) is 13.2 Å². The van der Waals surface area contributed by atoms with E-state index in [1.807, 2.05) is 0 Å². The molecule has 1 saturated heterocycles. The molecule has 3 rings (SSSR count). The van der Waals surface area contributed by atoms with E-state index in [-0.39, 0.29) is 10.9 Å². The highest BCUT2D eigenvalue weighted by molar-refractivity contribution is 9.10. The number of carbonyl (C=O) groups is 1. The molecule has 2 amide bonds. The molecule has 1 aliphatic heterocycles. The Morgan fingerprint density at radius 3 is 2.36 bits per heavy atom. The van der Waals surface area contributed by atoms with Gasteiger partial charge in [-0.1, -0.05) is 12.1 Å². The number of halogens is 1. The summed E-state index contributed by atoms with van der Waals surface area (Å²) in [5.41, 5.74) is 0. The second kappa shape index (κ2) is 6.17. The van der Waals surface area contributed by atoms with Gasteiger partial charge in [-0.05, 0) is 40.9 Å². The van der Waals surface area contributed by atoms with Crippen molar-refractivity contribution in [2.24, 2.45) is 0 Å². The maximum atomic E-state index is 12.6. The van der Waals surface area contributed by atoms with Crippen LogP contribution in [0.3, 0.4) is 0 Å². The number of nitrogens with one attached hydrogen (secondary N) is 1. The lowest BCUT2D eigenvalue weighted by atomic mass is 10.4. The van der Waals surface area contributed by atoms with Crippen molar-refractivity contribution in [2.75, 3.05) is 26.2 Å². The summed E-state index contributed by atoms with van der Waals surface area (Å²) in [6.45, 7) is 1.48. The van der Waals surface area contributed by atoms with E-state index < -0.39 is 10.0 Å². The zero-order valence-corrected chi connectivity index (χ0v) is 14.4. The van der Waals surface area contributed by atoms with Gasteiger partial charge in [-0.3, -0.25) is 0 Å². The number of carbonyl (C=O) groups excluding carboxylic acids is 1. The average molecular weight is 388 g/mol. The molecule has 0 bridgehead atoms. The Labute approximate surface area is 138 Å². The van der Waals surface area contributed by atoms with Crippen molar-refractivity contribution < 1.29 is 13.2 Å². The number of sulfonamides is 1. The lowest BCUT2D eigenvalue weighted by molar-refractivity contribution is 0.172. The van der Waals surface area contributed by atoms with Gasteiger partial charge in [0, 0.05) is 36.7 Å². The Bertz CT molecular complexity index is 668. The molecule has 0 radical (unpaired) electrons. The standard InChI is InChI=1S/C14H18BrN3O3S/c15-12-3-1-2-4-13(12)22(20,21)18-9-7-17(8-10-18)14(19)16-11-5-6-11/h1-4,11H,5-10H2,(H,16,19). The molecule has 0 atom stereocenters. The minimum atomic E-state index is -3.52. The van der Waals surface area contributed by atoms with Crippen molar-refractivity contribution in [3.05, 3.63) is 28.7 Å². The van der Waals surface area contributed by atoms with Gasteiger partial charge in [0.2, 0.25) is 10.0 Å². The van der Waals surface area contributed by atoms with Crippen molar-refractivity contribution in [2.45, 2.75) is 23.8 Å². The van der Waals surface area contributed by atoms with Crippen LogP contribution in [0, 0.1) is 0 Å². The fraction of sp³-hybridized carbons (Fsp3) is 0.500. The van der Waals surface area contributed by atoms with Gasteiger partial charge in [-0.25, -0.2) is 13.2 Å². The van der Waals surface area contributed by atoms with E-state index in [1.54, 1.807) is 29.2 Å². The van der Waals surface area contributed by atoms with E-state index in [0.717, 1.165) is 12.8 Å². The molecule has 2 aliphatic rings. The van der Waals surface area contributed by atoms with Gasteiger partial charge in [0.25, 0.3) is 0 Å². The van der Waals surface area contributed by atoms with E-state index in [4.69, 9.17) is 0 Å². The molecule has 6 nitrogen and oxygen atoms in total. The minimum Gasteiger partial charge on any atom is -0.335 e. The van der Waals surface area contributed by atoms with Crippen LogP contribution in [0.1, 0.15) is 12.8 Å². The lowest BCUT2D eigenvalue weighted by Crippen LogP contribution is -2.53. The molecule has 1 N–H and O–H groups in total. The highest BCUT2D eigenvalue weighted by atomic mass is 79.9. The topological polar surface area (TPSA) is 69.7 Å². The van der Waals surface area contributed by atoms with Crippen LogP contribution in [0.5, 0.6) is 0 Å². The number of urea groups is 1. The van der Waals surface area contributed by atoms with Gasteiger partial charge in [-0.2, -0.15) is 4.31 Å². The number of hydrogen-bond acceptors (Lipinski definition) is 3. The Morgan fingerprint density at radius 2 is 1.77 bits per heavy atom. The molecule has 0 aromatic heterocycles. The third kappa shape index (κ3) is 3.28. The smallest absolute Gasteiger partial charge is 0.317 e. The number of nitrogens with zero attached hydrogens (tertiary/aromatic N) is 2. The monoisotopic (exact) mass is 387 g/mol. The van der Waals surface area contributed by atoms with Crippen LogP contribution in [0.15, 0.2) is 33.6 Å². The van der Waals surface area contributed by atoms with E-state index in [1.165, 1.54) is 4.31 Å². The van der Waals surface area contributed by atoms with E-state index in [2.05, 4.69) is 21.2 Å². The van der Waals surface area contributed by atoms with Gasteiger partial charge in [0.05, 0.1) is 4.90 Å². The van der Waals surface area contributed by atoms with Crippen molar-refractivity contribution in [3.8, 4) is 0 Å². The Kier molecular flexibility index (Phi) is 4.42. The zero-order valence-electron chi connectivity index (χ0n) is 12.0. The van der Waals surface area contributed by atoms with Crippen LogP contribution in [0.25, 0.3) is 0 Å². The molecule has 1 aromatic rings. The average Bonchev–Trinajstić information content (AvgIpc) is 3.31. The molecule has 2 fully saturated rings. The first-order chi connectivity index (χ1) is 10.5. The summed E-state index contributed by atoms with van der Waals surface area (Å²) in [6.07, 6.45) is 2.09. The van der Waals surface area contributed by atoms with E-state index in [0.29, 0.717) is 36.7 Å². The normalized spacial score (nSPS) is 20.0. The predicted molar refractivity (Wildman–Crippen MR) is 86.0 cm³/mol. The first-order valence-electron chi connectivity index (χ1n) is 7.28. The maximum Gasteiger partial charge on any atom is 0.317 e. The van der Waals surface area contributed by atoms with Gasteiger partial charge < -0.3 is 10.2 Å². The molecular weight excluding hydrogens is 370 g/mol. The molecule has 0 spiro atoms. The minimum absolute atomic E-state index is 0.0829. The van der Waals surface area contributed by atoms with Gasteiger partial charge in [-0.15, -0.1) is 0 Å². The van der Waals surface area contributed by atoms with Crippen LogP contribution in [0.4, 0.5) is 4.79 Å². The molecule has 1 heterocycles. The van der Waals surface area contributed by atoms with Gasteiger partial charge >= 0.3 is 6.03 Å². The highest BCUT2D eigenvalue weighted by Gasteiger charge is 2.32. The van der Waals surface area contributed by atoms with Crippen LogP contribution >= 0.6 is 15.9 Å². The summed E-state index contributed by atoms with van der Waals surface area (Å²) < 4.78 is 27.3. The number of rotatable bonds is 3. The number of amides is 2. The number of piperazine rings is 1. The third-order valence-corrected chi connectivity index (χ3v) is 6.80. The molecular formula is C14H18BrN3O3S. The molecule has 0 unspecified atom stereocenters. The Morgan fingerprint density at radius 1 is 1.14 bits per heavy atom. The van der Waals surface area contributed by atoms with Crippen molar-refractivity contribution in [1.82, 2.24) is 14.5 Å². The SMILES string of the molecule is O=C(NC1CC1)N1CCN(S(=O)(=O)c2ccccc2Br)CC1. The van der Waals surface area contributed by atoms with Crippen molar-refractivity contribution in [1.29, 1.82) is 0 Å². The predicted octanol–water partition coefficient (Wildman–Crippen LogP) is 1.63.